The van der Waals surface area contributed by atoms with Crippen molar-refractivity contribution in [2.24, 2.45) is 0 Å². The third-order valence-electron chi connectivity index (χ3n) is 5.28. The monoisotopic (exact) mass is 357 g/mol. The number of nitrogens with zero attached hydrogens (tertiary/aromatic N) is 2. The maximum atomic E-state index is 12.6. The topological polar surface area (TPSA) is 61.9 Å². The molecule has 0 aromatic heterocycles. The Hall–Kier alpha value is -1.92. The minimum Gasteiger partial charge on any atom is -0.378 e. The molecule has 2 saturated carbocycles. The van der Waals surface area contributed by atoms with Crippen LogP contribution in [0, 0.1) is 0 Å². The van der Waals surface area contributed by atoms with Gasteiger partial charge in [0.2, 0.25) is 5.91 Å². The fraction of sp³-hybridized carbons (Fsp3) is 0.600. The van der Waals surface area contributed by atoms with Crippen LogP contribution in [-0.2, 0) is 16.1 Å². The minimum absolute atomic E-state index is 0.0144. The van der Waals surface area contributed by atoms with Crippen LogP contribution in [0.4, 0.5) is 0 Å². The van der Waals surface area contributed by atoms with E-state index in [9.17, 15) is 9.59 Å². The Bertz CT molecular complexity index is 647. The molecule has 1 aromatic rings. The zero-order valence-electron chi connectivity index (χ0n) is 15.2. The molecule has 1 N–H and O–H groups in total. The summed E-state index contributed by atoms with van der Waals surface area (Å²) in [5, 5.41) is 3.01. The van der Waals surface area contributed by atoms with E-state index in [2.05, 4.69) is 10.2 Å². The van der Waals surface area contributed by atoms with Crippen molar-refractivity contribution in [1.82, 2.24) is 15.1 Å². The summed E-state index contributed by atoms with van der Waals surface area (Å²) in [4.78, 5) is 28.8. The summed E-state index contributed by atoms with van der Waals surface area (Å²) < 4.78 is 5.33. The SMILES string of the molecule is O=C(NC1CC1)c1ccc(CN(CC(=O)N2CCOCC2)C2CC2)cc1. The molecule has 0 unspecified atom stereocenters. The van der Waals surface area contributed by atoms with Gasteiger partial charge in [0.1, 0.15) is 0 Å². The predicted molar refractivity (Wildman–Crippen MR) is 97.8 cm³/mol. The lowest BCUT2D eigenvalue weighted by molar-refractivity contribution is -0.136. The number of hydrogen-bond acceptors (Lipinski definition) is 4. The second-order valence-electron chi connectivity index (χ2n) is 7.57. The first-order valence-electron chi connectivity index (χ1n) is 9.68. The summed E-state index contributed by atoms with van der Waals surface area (Å²) in [6, 6.07) is 8.69. The molecule has 1 heterocycles. The second kappa shape index (κ2) is 7.76. The van der Waals surface area contributed by atoms with Gasteiger partial charge in [-0.05, 0) is 43.4 Å². The number of rotatable bonds is 7. The maximum absolute atomic E-state index is 12.6. The Balaban J connectivity index is 1.34. The molecule has 0 atom stereocenters. The van der Waals surface area contributed by atoms with Crippen molar-refractivity contribution in [2.75, 3.05) is 32.8 Å². The molecular weight excluding hydrogens is 330 g/mol. The van der Waals surface area contributed by atoms with Crippen molar-refractivity contribution in [3.8, 4) is 0 Å². The molecule has 26 heavy (non-hydrogen) atoms. The molecule has 6 heteroatoms. The number of amides is 2. The van der Waals surface area contributed by atoms with Crippen LogP contribution in [0.2, 0.25) is 0 Å². The Morgan fingerprint density at radius 1 is 1.08 bits per heavy atom. The fourth-order valence-electron chi connectivity index (χ4n) is 3.33. The molecule has 1 aliphatic heterocycles. The van der Waals surface area contributed by atoms with E-state index in [0.29, 0.717) is 50.5 Å². The lowest BCUT2D eigenvalue weighted by atomic mass is 10.1. The Morgan fingerprint density at radius 2 is 1.77 bits per heavy atom. The average Bonchev–Trinajstić information content (AvgIpc) is 3.56. The first-order valence-corrected chi connectivity index (χ1v) is 9.68. The molecule has 2 aliphatic carbocycles. The van der Waals surface area contributed by atoms with Gasteiger partial charge in [-0.2, -0.15) is 0 Å². The van der Waals surface area contributed by atoms with Crippen LogP contribution in [0.15, 0.2) is 24.3 Å². The summed E-state index contributed by atoms with van der Waals surface area (Å²) in [5.74, 6) is 0.209. The van der Waals surface area contributed by atoms with Crippen molar-refractivity contribution in [1.29, 1.82) is 0 Å². The van der Waals surface area contributed by atoms with Crippen LogP contribution in [-0.4, -0.2) is 66.5 Å². The molecule has 3 aliphatic rings. The average molecular weight is 357 g/mol. The lowest BCUT2D eigenvalue weighted by Gasteiger charge is -2.30. The van der Waals surface area contributed by atoms with Crippen molar-refractivity contribution < 1.29 is 14.3 Å². The number of carbonyl (C=O) groups is 2. The number of hydrogen-bond donors (Lipinski definition) is 1. The number of morpholine rings is 1. The van der Waals surface area contributed by atoms with E-state index in [-0.39, 0.29) is 11.8 Å². The highest BCUT2D eigenvalue weighted by atomic mass is 16.5. The largest absolute Gasteiger partial charge is 0.378 e. The van der Waals surface area contributed by atoms with Crippen LogP contribution < -0.4 is 5.32 Å². The van der Waals surface area contributed by atoms with Crippen molar-refractivity contribution in [2.45, 2.75) is 44.3 Å². The van der Waals surface area contributed by atoms with Crippen LogP contribution >= 0.6 is 0 Å². The third-order valence-corrected chi connectivity index (χ3v) is 5.28. The van der Waals surface area contributed by atoms with Crippen molar-refractivity contribution >= 4 is 11.8 Å². The standard InChI is InChI=1S/C20H27N3O3/c24-19(22-9-11-26-12-10-22)14-23(18-7-8-18)13-15-1-3-16(4-2-15)20(25)21-17-5-6-17/h1-4,17-18H,5-14H2,(H,21,25). The zero-order chi connectivity index (χ0) is 17.9. The molecule has 1 saturated heterocycles. The highest BCUT2D eigenvalue weighted by Crippen LogP contribution is 2.28. The molecule has 4 rings (SSSR count). The molecule has 0 bridgehead atoms. The van der Waals surface area contributed by atoms with Gasteiger partial charge in [-0.25, -0.2) is 0 Å². The maximum Gasteiger partial charge on any atom is 0.251 e. The lowest BCUT2D eigenvalue weighted by Crippen LogP contribution is -2.46. The number of benzene rings is 1. The summed E-state index contributed by atoms with van der Waals surface area (Å²) in [6.45, 7) is 3.89. The number of ether oxygens (including phenoxy) is 1. The normalized spacial score (nSPS) is 20.3. The van der Waals surface area contributed by atoms with E-state index in [4.69, 9.17) is 4.74 Å². The minimum atomic E-state index is 0.0144. The molecule has 6 nitrogen and oxygen atoms in total. The van der Waals surface area contributed by atoms with Gasteiger partial charge in [0.15, 0.2) is 0 Å². The molecule has 2 amide bonds. The highest BCUT2D eigenvalue weighted by molar-refractivity contribution is 5.94. The smallest absolute Gasteiger partial charge is 0.251 e. The van der Waals surface area contributed by atoms with E-state index in [1.807, 2.05) is 29.2 Å². The van der Waals surface area contributed by atoms with Crippen molar-refractivity contribution in [3.05, 3.63) is 35.4 Å². The fourth-order valence-corrected chi connectivity index (χ4v) is 3.33. The van der Waals surface area contributed by atoms with Gasteiger partial charge in [-0.1, -0.05) is 12.1 Å². The van der Waals surface area contributed by atoms with Gasteiger partial charge >= 0.3 is 0 Å². The van der Waals surface area contributed by atoms with E-state index in [1.54, 1.807) is 0 Å². The molecule has 140 valence electrons. The van der Waals surface area contributed by atoms with Crippen LogP contribution in [0.3, 0.4) is 0 Å². The van der Waals surface area contributed by atoms with Crippen LogP contribution in [0.5, 0.6) is 0 Å². The van der Waals surface area contributed by atoms with E-state index in [0.717, 1.165) is 37.8 Å². The second-order valence-corrected chi connectivity index (χ2v) is 7.57. The van der Waals surface area contributed by atoms with Gasteiger partial charge in [0, 0.05) is 37.3 Å². The van der Waals surface area contributed by atoms with Crippen LogP contribution in [0.25, 0.3) is 0 Å². The van der Waals surface area contributed by atoms with Gasteiger partial charge in [0.25, 0.3) is 5.91 Å². The van der Waals surface area contributed by atoms with Gasteiger partial charge in [-0.15, -0.1) is 0 Å². The molecule has 0 radical (unpaired) electrons. The Labute approximate surface area is 154 Å². The number of carbonyl (C=O) groups excluding carboxylic acids is 2. The summed E-state index contributed by atoms with van der Waals surface area (Å²) in [6.07, 6.45) is 4.52. The van der Waals surface area contributed by atoms with Gasteiger partial charge < -0.3 is 15.0 Å². The van der Waals surface area contributed by atoms with Crippen LogP contribution in [0.1, 0.15) is 41.6 Å². The molecule has 1 aromatic carbocycles. The molecule has 0 spiro atoms. The third kappa shape index (κ3) is 4.62. The van der Waals surface area contributed by atoms with Gasteiger partial charge in [-0.3, -0.25) is 14.5 Å². The van der Waals surface area contributed by atoms with E-state index < -0.39 is 0 Å². The molecular formula is C20H27N3O3. The predicted octanol–water partition coefficient (Wildman–Crippen LogP) is 1.40. The summed E-state index contributed by atoms with van der Waals surface area (Å²) in [7, 11) is 0. The summed E-state index contributed by atoms with van der Waals surface area (Å²) in [5.41, 5.74) is 1.86. The van der Waals surface area contributed by atoms with Crippen molar-refractivity contribution in [3.63, 3.8) is 0 Å². The Kier molecular flexibility index (Phi) is 5.22. The quantitative estimate of drug-likeness (QED) is 0.801. The van der Waals surface area contributed by atoms with E-state index >= 15 is 0 Å². The first kappa shape index (κ1) is 17.5. The first-order chi connectivity index (χ1) is 12.7. The molecule has 3 fully saturated rings. The Morgan fingerprint density at radius 3 is 2.38 bits per heavy atom. The van der Waals surface area contributed by atoms with E-state index in [1.165, 1.54) is 0 Å². The zero-order valence-corrected chi connectivity index (χ0v) is 15.2. The van der Waals surface area contributed by atoms with Gasteiger partial charge in [0.05, 0.1) is 19.8 Å². The highest BCUT2D eigenvalue weighted by Gasteiger charge is 2.31. The number of nitrogens with one attached hydrogen (secondary N) is 1. The summed E-state index contributed by atoms with van der Waals surface area (Å²) >= 11 is 0.